The molecule has 0 atom stereocenters. The molecule has 0 unspecified atom stereocenters. The monoisotopic (exact) mass is 338 g/mol. The van der Waals surface area contributed by atoms with Gasteiger partial charge < -0.3 is 5.32 Å². The van der Waals surface area contributed by atoms with E-state index in [1.165, 1.54) is 0 Å². The molecule has 2 aromatic heterocycles. The van der Waals surface area contributed by atoms with Gasteiger partial charge in [-0.2, -0.15) is 5.10 Å². The number of pyridine rings is 1. The van der Waals surface area contributed by atoms with Crippen molar-refractivity contribution in [2.75, 3.05) is 6.26 Å². The summed E-state index contributed by atoms with van der Waals surface area (Å²) in [5, 5.41) is 7.43. The molecule has 0 aliphatic heterocycles. The minimum atomic E-state index is -0.0828. The van der Waals surface area contributed by atoms with Crippen molar-refractivity contribution in [2.45, 2.75) is 11.4 Å². The van der Waals surface area contributed by atoms with Crippen molar-refractivity contribution < 1.29 is 4.79 Å². The average Bonchev–Trinajstić information content (AvgIpc) is 3.01. The van der Waals surface area contributed by atoms with E-state index >= 15 is 0 Å². The van der Waals surface area contributed by atoms with Crippen LogP contribution in [0, 0.1) is 0 Å². The number of nitrogens with one attached hydrogen (secondary N) is 1. The first kappa shape index (κ1) is 16.3. The number of aryl methyl sites for hydroxylation is 1. The van der Waals surface area contributed by atoms with Crippen molar-refractivity contribution in [1.82, 2.24) is 20.1 Å². The minimum Gasteiger partial charge on any atom is -0.346 e. The number of amides is 1. The fourth-order valence-electron chi connectivity index (χ4n) is 2.41. The Morgan fingerprint density at radius 1 is 1.17 bits per heavy atom. The zero-order valence-corrected chi connectivity index (χ0v) is 14.4. The Balaban J connectivity index is 1.73. The predicted molar refractivity (Wildman–Crippen MR) is 95.8 cm³/mol. The summed E-state index contributed by atoms with van der Waals surface area (Å²) in [5.74, 6) is -0.0828. The molecule has 0 bridgehead atoms. The topological polar surface area (TPSA) is 59.8 Å². The fraction of sp³-hybridized carbons (Fsp3) is 0.167. The highest BCUT2D eigenvalue weighted by atomic mass is 32.2. The SMILES string of the molecule is CSc1ccccc1C(=O)NCc1cc(-c2ccccn2)nn1C. The van der Waals surface area contributed by atoms with Crippen molar-refractivity contribution in [3.63, 3.8) is 0 Å². The van der Waals surface area contributed by atoms with Crippen molar-refractivity contribution in [3.05, 3.63) is 66.0 Å². The van der Waals surface area contributed by atoms with E-state index < -0.39 is 0 Å². The second-order valence-electron chi connectivity index (χ2n) is 5.24. The second kappa shape index (κ2) is 7.31. The lowest BCUT2D eigenvalue weighted by molar-refractivity contribution is 0.0947. The van der Waals surface area contributed by atoms with Crippen LogP contribution in [0.5, 0.6) is 0 Å². The second-order valence-corrected chi connectivity index (χ2v) is 6.09. The normalized spacial score (nSPS) is 10.6. The van der Waals surface area contributed by atoms with Crippen molar-refractivity contribution in [3.8, 4) is 11.4 Å². The number of hydrogen-bond acceptors (Lipinski definition) is 4. The Bertz CT molecular complexity index is 845. The molecule has 0 aliphatic rings. The number of aromatic nitrogens is 3. The van der Waals surface area contributed by atoms with Crippen LogP contribution in [0.4, 0.5) is 0 Å². The largest absolute Gasteiger partial charge is 0.346 e. The molecule has 24 heavy (non-hydrogen) atoms. The van der Waals surface area contributed by atoms with E-state index in [0.717, 1.165) is 22.0 Å². The average molecular weight is 338 g/mol. The number of nitrogens with zero attached hydrogens (tertiary/aromatic N) is 3. The third-order valence-electron chi connectivity index (χ3n) is 3.69. The van der Waals surface area contributed by atoms with Gasteiger partial charge in [0.25, 0.3) is 5.91 Å². The number of thioether (sulfide) groups is 1. The van der Waals surface area contributed by atoms with Crippen LogP contribution in [-0.2, 0) is 13.6 Å². The summed E-state index contributed by atoms with van der Waals surface area (Å²) in [6, 6.07) is 15.3. The molecule has 0 fully saturated rings. The van der Waals surface area contributed by atoms with Gasteiger partial charge in [-0.3, -0.25) is 14.5 Å². The van der Waals surface area contributed by atoms with Crippen LogP contribution in [0.2, 0.25) is 0 Å². The van der Waals surface area contributed by atoms with Gasteiger partial charge in [-0.05, 0) is 36.6 Å². The smallest absolute Gasteiger partial charge is 0.252 e. The fourth-order valence-corrected chi connectivity index (χ4v) is 3.00. The summed E-state index contributed by atoms with van der Waals surface area (Å²) in [6.07, 6.45) is 3.71. The highest BCUT2D eigenvalue weighted by Crippen LogP contribution is 2.20. The molecular formula is C18H18N4OS. The molecule has 3 aromatic rings. The van der Waals surface area contributed by atoms with Crippen molar-refractivity contribution in [2.24, 2.45) is 7.05 Å². The first-order valence-electron chi connectivity index (χ1n) is 7.54. The van der Waals surface area contributed by atoms with E-state index in [-0.39, 0.29) is 5.91 Å². The quantitative estimate of drug-likeness (QED) is 0.726. The Morgan fingerprint density at radius 3 is 2.71 bits per heavy atom. The van der Waals surface area contributed by atoms with Gasteiger partial charge in [-0.1, -0.05) is 18.2 Å². The lowest BCUT2D eigenvalue weighted by Gasteiger charge is -2.08. The lowest BCUT2D eigenvalue weighted by Crippen LogP contribution is -2.24. The molecule has 0 saturated carbocycles. The van der Waals surface area contributed by atoms with E-state index in [9.17, 15) is 4.79 Å². The molecule has 1 N–H and O–H groups in total. The summed E-state index contributed by atoms with van der Waals surface area (Å²) in [6.45, 7) is 0.415. The maximum absolute atomic E-state index is 12.4. The number of hydrogen-bond donors (Lipinski definition) is 1. The third-order valence-corrected chi connectivity index (χ3v) is 4.48. The number of rotatable bonds is 5. The molecule has 1 aromatic carbocycles. The molecule has 0 radical (unpaired) electrons. The molecule has 0 spiro atoms. The first-order valence-corrected chi connectivity index (χ1v) is 8.77. The standard InChI is InChI=1S/C18H18N4OS/c1-22-13(11-16(21-22)15-8-5-6-10-19-15)12-20-18(23)14-7-3-4-9-17(14)24-2/h3-11H,12H2,1-2H3,(H,20,23). The molecule has 2 heterocycles. The maximum atomic E-state index is 12.4. The first-order chi connectivity index (χ1) is 11.7. The molecule has 5 nitrogen and oxygen atoms in total. The Morgan fingerprint density at radius 2 is 1.96 bits per heavy atom. The summed E-state index contributed by atoms with van der Waals surface area (Å²) >= 11 is 1.56. The zero-order chi connectivity index (χ0) is 16.9. The van der Waals surface area contributed by atoms with Gasteiger partial charge in [-0.15, -0.1) is 11.8 Å². The van der Waals surface area contributed by atoms with Crippen molar-refractivity contribution >= 4 is 17.7 Å². The Labute approximate surface area is 145 Å². The Hall–Kier alpha value is -2.60. The minimum absolute atomic E-state index is 0.0828. The van der Waals surface area contributed by atoms with Crippen LogP contribution < -0.4 is 5.32 Å². The summed E-state index contributed by atoms with van der Waals surface area (Å²) in [5.41, 5.74) is 3.23. The maximum Gasteiger partial charge on any atom is 0.252 e. The van der Waals surface area contributed by atoms with Crippen LogP contribution in [0.3, 0.4) is 0 Å². The molecule has 122 valence electrons. The van der Waals surface area contributed by atoms with Gasteiger partial charge in [0.1, 0.15) is 5.69 Å². The highest BCUT2D eigenvalue weighted by Gasteiger charge is 2.12. The van der Waals surface area contributed by atoms with Crippen LogP contribution in [0.1, 0.15) is 16.1 Å². The molecule has 3 rings (SSSR count). The van der Waals surface area contributed by atoms with E-state index in [4.69, 9.17) is 0 Å². The van der Waals surface area contributed by atoms with Gasteiger partial charge in [0.15, 0.2) is 0 Å². The summed E-state index contributed by atoms with van der Waals surface area (Å²) in [7, 11) is 1.86. The van der Waals surface area contributed by atoms with Crippen molar-refractivity contribution in [1.29, 1.82) is 0 Å². The van der Waals surface area contributed by atoms with Crippen LogP contribution in [-0.4, -0.2) is 26.9 Å². The zero-order valence-electron chi connectivity index (χ0n) is 13.6. The molecule has 0 aliphatic carbocycles. The summed E-state index contributed by atoms with van der Waals surface area (Å²) < 4.78 is 1.77. The van der Waals surface area contributed by atoms with Crippen LogP contribution in [0.25, 0.3) is 11.4 Å². The molecular weight excluding hydrogens is 320 g/mol. The molecule has 0 saturated heterocycles. The number of benzene rings is 1. The van der Waals surface area contributed by atoms with Gasteiger partial charge in [0.2, 0.25) is 0 Å². The van der Waals surface area contributed by atoms with E-state index in [1.807, 2.05) is 61.8 Å². The molecule has 1 amide bonds. The van der Waals surface area contributed by atoms with Gasteiger partial charge >= 0.3 is 0 Å². The third kappa shape index (κ3) is 3.49. The number of carbonyl (C=O) groups excluding carboxylic acids is 1. The summed E-state index contributed by atoms with van der Waals surface area (Å²) in [4.78, 5) is 17.7. The number of carbonyl (C=O) groups is 1. The van der Waals surface area contributed by atoms with E-state index in [1.54, 1.807) is 22.6 Å². The van der Waals surface area contributed by atoms with E-state index in [2.05, 4.69) is 15.4 Å². The highest BCUT2D eigenvalue weighted by molar-refractivity contribution is 7.98. The predicted octanol–water partition coefficient (Wildman–Crippen LogP) is 3.13. The van der Waals surface area contributed by atoms with Crippen LogP contribution in [0.15, 0.2) is 59.6 Å². The van der Waals surface area contributed by atoms with E-state index in [0.29, 0.717) is 12.1 Å². The van der Waals surface area contributed by atoms with Gasteiger partial charge in [0, 0.05) is 18.1 Å². The lowest BCUT2D eigenvalue weighted by atomic mass is 10.2. The van der Waals surface area contributed by atoms with Gasteiger partial charge in [-0.25, -0.2) is 0 Å². The Kier molecular flexibility index (Phi) is 4.96. The van der Waals surface area contributed by atoms with Gasteiger partial charge in [0.05, 0.1) is 23.5 Å². The van der Waals surface area contributed by atoms with Crippen LogP contribution >= 0.6 is 11.8 Å². The molecule has 6 heteroatoms.